The molecule has 22 heavy (non-hydrogen) atoms. The molecule has 1 saturated heterocycles. The van der Waals surface area contributed by atoms with Gasteiger partial charge in [0.15, 0.2) is 0 Å². The number of hydrogen-bond donors (Lipinski definition) is 0. The van der Waals surface area contributed by atoms with Crippen LogP contribution in [0.25, 0.3) is 0 Å². The average molecular weight is 339 g/mol. The van der Waals surface area contributed by atoms with Gasteiger partial charge in [-0.2, -0.15) is 11.8 Å². The third-order valence-electron chi connectivity index (χ3n) is 3.67. The quantitative estimate of drug-likeness (QED) is 0.796. The summed E-state index contributed by atoms with van der Waals surface area (Å²) in [5.41, 5.74) is 1.29. The first-order chi connectivity index (χ1) is 10.7. The van der Waals surface area contributed by atoms with Crippen LogP contribution in [0.15, 0.2) is 30.3 Å². The molecular formula is C17H26N2OS2. The van der Waals surface area contributed by atoms with Gasteiger partial charge in [0.25, 0.3) is 0 Å². The Kier molecular flexibility index (Phi) is 7.63. The van der Waals surface area contributed by atoms with Gasteiger partial charge < -0.3 is 9.80 Å². The van der Waals surface area contributed by atoms with Crippen molar-refractivity contribution in [2.45, 2.75) is 18.2 Å². The minimum absolute atomic E-state index is 0.301. The van der Waals surface area contributed by atoms with Crippen LogP contribution in [0.3, 0.4) is 0 Å². The zero-order valence-electron chi connectivity index (χ0n) is 13.5. The molecule has 1 aliphatic heterocycles. The summed E-state index contributed by atoms with van der Waals surface area (Å²) in [6.45, 7) is 1.87. The minimum Gasteiger partial charge on any atom is -0.337 e. The Bertz CT molecular complexity index is 453. The van der Waals surface area contributed by atoms with Crippen molar-refractivity contribution < 1.29 is 4.79 Å². The Morgan fingerprint density at radius 2 is 2.14 bits per heavy atom. The van der Waals surface area contributed by atoms with Crippen LogP contribution in [0.4, 0.5) is 0 Å². The van der Waals surface area contributed by atoms with Gasteiger partial charge in [0.2, 0.25) is 5.91 Å². The number of thioether (sulfide) groups is 2. The lowest BCUT2D eigenvalue weighted by Crippen LogP contribution is -2.47. The molecule has 1 heterocycles. The van der Waals surface area contributed by atoms with E-state index in [0.717, 1.165) is 31.0 Å². The van der Waals surface area contributed by atoms with Gasteiger partial charge in [-0.05, 0) is 31.8 Å². The number of carbonyl (C=O) groups is 1. The van der Waals surface area contributed by atoms with Crippen LogP contribution in [0.5, 0.6) is 0 Å². The van der Waals surface area contributed by atoms with Gasteiger partial charge >= 0.3 is 0 Å². The van der Waals surface area contributed by atoms with E-state index in [0.29, 0.717) is 17.7 Å². The Labute approximate surface area is 142 Å². The minimum atomic E-state index is 0.301. The topological polar surface area (TPSA) is 23.6 Å². The predicted octanol–water partition coefficient (Wildman–Crippen LogP) is 2.82. The van der Waals surface area contributed by atoms with Crippen molar-refractivity contribution in [1.82, 2.24) is 9.80 Å². The molecule has 0 saturated carbocycles. The molecule has 1 atom stereocenters. The highest BCUT2D eigenvalue weighted by atomic mass is 32.2. The molecule has 122 valence electrons. The van der Waals surface area contributed by atoms with E-state index in [2.05, 4.69) is 48.2 Å². The lowest BCUT2D eigenvalue weighted by molar-refractivity contribution is -0.130. The molecule has 1 aromatic rings. The van der Waals surface area contributed by atoms with Gasteiger partial charge in [0.1, 0.15) is 0 Å². The van der Waals surface area contributed by atoms with Crippen LogP contribution in [0.2, 0.25) is 0 Å². The molecule has 1 aliphatic rings. The number of amides is 1. The highest BCUT2D eigenvalue weighted by Crippen LogP contribution is 2.19. The fraction of sp³-hybridized carbons (Fsp3) is 0.588. The monoisotopic (exact) mass is 338 g/mol. The van der Waals surface area contributed by atoms with Crippen molar-refractivity contribution in [2.24, 2.45) is 0 Å². The van der Waals surface area contributed by atoms with E-state index < -0.39 is 0 Å². The maximum atomic E-state index is 12.6. The fourth-order valence-electron chi connectivity index (χ4n) is 2.64. The highest BCUT2D eigenvalue weighted by molar-refractivity contribution is 7.99. The van der Waals surface area contributed by atoms with Crippen LogP contribution in [-0.2, 0) is 10.5 Å². The zero-order valence-corrected chi connectivity index (χ0v) is 15.2. The van der Waals surface area contributed by atoms with Crippen molar-refractivity contribution in [3.63, 3.8) is 0 Å². The van der Waals surface area contributed by atoms with Crippen LogP contribution in [-0.4, -0.2) is 66.2 Å². The fourth-order valence-corrected chi connectivity index (χ4v) is 4.57. The van der Waals surface area contributed by atoms with E-state index in [1.54, 1.807) is 11.8 Å². The van der Waals surface area contributed by atoms with Gasteiger partial charge in [0, 0.05) is 24.6 Å². The third-order valence-corrected chi connectivity index (χ3v) is 5.86. The SMILES string of the molecule is CN(C)C[C@H]1CSCCCN1C(=O)CSCc1ccccc1. The number of rotatable bonds is 6. The molecule has 5 heteroatoms. The maximum absolute atomic E-state index is 12.6. The van der Waals surface area contributed by atoms with E-state index in [-0.39, 0.29) is 0 Å². The second-order valence-electron chi connectivity index (χ2n) is 5.91. The number of carbonyl (C=O) groups excluding carboxylic acids is 1. The maximum Gasteiger partial charge on any atom is 0.232 e. The molecule has 2 rings (SSSR count). The largest absolute Gasteiger partial charge is 0.337 e. The molecule has 0 aliphatic carbocycles. The Morgan fingerprint density at radius 3 is 2.86 bits per heavy atom. The summed E-state index contributed by atoms with van der Waals surface area (Å²) < 4.78 is 0. The summed E-state index contributed by atoms with van der Waals surface area (Å²) in [6, 6.07) is 10.7. The Hall–Kier alpha value is -0.650. The molecule has 0 aromatic heterocycles. The van der Waals surface area contributed by atoms with Crippen molar-refractivity contribution in [3.05, 3.63) is 35.9 Å². The molecule has 1 amide bonds. The smallest absolute Gasteiger partial charge is 0.232 e. The normalized spacial score (nSPS) is 19.2. The van der Waals surface area contributed by atoms with Crippen LogP contribution >= 0.6 is 23.5 Å². The van der Waals surface area contributed by atoms with Crippen molar-refractivity contribution in [2.75, 3.05) is 44.4 Å². The second-order valence-corrected chi connectivity index (χ2v) is 8.05. The lowest BCUT2D eigenvalue weighted by Gasteiger charge is -2.31. The van der Waals surface area contributed by atoms with E-state index in [1.807, 2.05) is 17.8 Å². The van der Waals surface area contributed by atoms with Gasteiger partial charge in [-0.3, -0.25) is 4.79 Å². The standard InChI is InChI=1S/C17H26N2OS2/c1-18(2)11-16-13-21-10-6-9-19(16)17(20)14-22-12-15-7-4-3-5-8-15/h3-5,7-8,16H,6,9-14H2,1-2H3/t16-/m0/s1. The number of likely N-dealkylation sites (N-methyl/N-ethyl adjacent to an activating group) is 1. The van der Waals surface area contributed by atoms with Crippen LogP contribution in [0, 0.1) is 0 Å². The number of benzene rings is 1. The zero-order chi connectivity index (χ0) is 15.8. The first-order valence-corrected chi connectivity index (χ1v) is 10.1. The molecule has 0 bridgehead atoms. The van der Waals surface area contributed by atoms with Gasteiger partial charge in [-0.25, -0.2) is 0 Å². The molecule has 1 aromatic carbocycles. The molecule has 0 N–H and O–H groups in total. The number of nitrogens with zero attached hydrogens (tertiary/aromatic N) is 2. The molecule has 0 unspecified atom stereocenters. The van der Waals surface area contributed by atoms with Crippen molar-refractivity contribution >= 4 is 29.4 Å². The van der Waals surface area contributed by atoms with Gasteiger partial charge in [-0.15, -0.1) is 11.8 Å². The Balaban J connectivity index is 1.85. The summed E-state index contributed by atoms with van der Waals surface area (Å²) in [5, 5.41) is 0. The van der Waals surface area contributed by atoms with Crippen molar-refractivity contribution in [3.8, 4) is 0 Å². The van der Waals surface area contributed by atoms with E-state index in [9.17, 15) is 4.79 Å². The molecule has 1 fully saturated rings. The highest BCUT2D eigenvalue weighted by Gasteiger charge is 2.25. The first-order valence-electron chi connectivity index (χ1n) is 7.80. The summed E-state index contributed by atoms with van der Waals surface area (Å²) >= 11 is 3.70. The van der Waals surface area contributed by atoms with Crippen LogP contribution in [0.1, 0.15) is 12.0 Å². The first kappa shape index (κ1) is 17.7. The Morgan fingerprint density at radius 1 is 1.36 bits per heavy atom. The van der Waals surface area contributed by atoms with Crippen LogP contribution < -0.4 is 0 Å². The lowest BCUT2D eigenvalue weighted by atomic mass is 10.2. The molecule has 3 nitrogen and oxygen atoms in total. The van der Waals surface area contributed by atoms with E-state index in [4.69, 9.17) is 0 Å². The molecular weight excluding hydrogens is 312 g/mol. The van der Waals surface area contributed by atoms with Gasteiger partial charge in [0.05, 0.1) is 11.8 Å². The van der Waals surface area contributed by atoms with E-state index >= 15 is 0 Å². The average Bonchev–Trinajstić information content (AvgIpc) is 2.73. The predicted molar refractivity (Wildman–Crippen MR) is 98.6 cm³/mol. The summed E-state index contributed by atoms with van der Waals surface area (Å²) in [6.07, 6.45) is 1.11. The van der Waals surface area contributed by atoms with Crippen molar-refractivity contribution in [1.29, 1.82) is 0 Å². The summed E-state index contributed by atoms with van der Waals surface area (Å²) in [4.78, 5) is 16.9. The van der Waals surface area contributed by atoms with Gasteiger partial charge in [-0.1, -0.05) is 30.3 Å². The number of hydrogen-bond acceptors (Lipinski definition) is 4. The second kappa shape index (κ2) is 9.48. The summed E-state index contributed by atoms with van der Waals surface area (Å²) in [7, 11) is 4.17. The third kappa shape index (κ3) is 5.86. The van der Waals surface area contributed by atoms with E-state index in [1.165, 1.54) is 11.3 Å². The molecule has 0 radical (unpaired) electrons. The molecule has 0 spiro atoms. The summed E-state index contributed by atoms with van der Waals surface area (Å²) in [5.74, 6) is 4.03.